The predicted octanol–water partition coefficient (Wildman–Crippen LogP) is 7.56. The van der Waals surface area contributed by atoms with E-state index in [1.807, 2.05) is 20.8 Å². The number of hydrogen-bond donors (Lipinski definition) is 2. The first-order chi connectivity index (χ1) is 26.1. The third kappa shape index (κ3) is 10.4. The molecule has 12 nitrogen and oxygen atoms in total. The zero-order chi connectivity index (χ0) is 40.5. The summed E-state index contributed by atoms with van der Waals surface area (Å²) < 4.78 is 62.6. The Balaban J connectivity index is 1.62. The summed E-state index contributed by atoms with van der Waals surface area (Å²) in [6.07, 6.45) is -2.13. The van der Waals surface area contributed by atoms with Crippen LogP contribution < -0.4 is 15.4 Å². The van der Waals surface area contributed by atoms with Gasteiger partial charge in [0.25, 0.3) is 0 Å². The van der Waals surface area contributed by atoms with Gasteiger partial charge in [0.05, 0.1) is 55.3 Å². The number of anilines is 1. The van der Waals surface area contributed by atoms with Crippen LogP contribution >= 0.6 is 23.2 Å². The van der Waals surface area contributed by atoms with Gasteiger partial charge in [-0.1, -0.05) is 62.2 Å². The van der Waals surface area contributed by atoms with Crippen LogP contribution in [0.1, 0.15) is 61.5 Å². The van der Waals surface area contributed by atoms with Crippen LogP contribution in [0.3, 0.4) is 0 Å². The molecule has 0 bridgehead atoms. The zero-order valence-electron chi connectivity index (χ0n) is 31.2. The lowest BCUT2D eigenvalue weighted by Gasteiger charge is -2.37. The molecule has 2 N–H and O–H groups in total. The Morgan fingerprint density at radius 1 is 1.00 bits per heavy atom. The number of nitrogens with one attached hydrogen (secondary N) is 2. The number of methoxy groups -OCH3 is 2. The van der Waals surface area contributed by atoms with Crippen LogP contribution in [-0.4, -0.2) is 77.1 Å². The molecule has 3 aromatic carbocycles. The number of hydrogen-bond acceptors (Lipinski definition) is 11. The molecule has 4 rings (SSSR count). The molecule has 5 atom stereocenters. The number of halogens is 4. The standard InChI is InChI=1S/C39H43Cl2F2N3O9/c1-22(55-37(49)53-17-16-52-15-14-50-5)54-36(48)23-10-13-29(30(18-23)51-6)45-35(47)34-32(25-8-7-9-27(41)33(25)43)39(21-44,31(46-34)20-38(2,3)4)26-12-11-24(40)19-28(26)42/h7-13,18-19,22,31-32,34,46H,14-17,20H2,1-6H3,(H,45,47)/t22?,31-,32-,34+,39?/m0/s1. The molecule has 0 radical (unpaired) electrons. The van der Waals surface area contributed by atoms with Crippen LogP contribution in [0.25, 0.3) is 0 Å². The lowest BCUT2D eigenvalue weighted by Crippen LogP contribution is -2.45. The van der Waals surface area contributed by atoms with Crippen molar-refractivity contribution in [2.24, 2.45) is 5.41 Å². The topological polar surface area (TPSA) is 154 Å². The number of nitriles is 1. The van der Waals surface area contributed by atoms with Gasteiger partial charge in [-0.05, 0) is 53.8 Å². The van der Waals surface area contributed by atoms with Gasteiger partial charge in [0, 0.05) is 36.6 Å². The van der Waals surface area contributed by atoms with E-state index in [-0.39, 0.29) is 57.8 Å². The number of ether oxygens (including phenoxy) is 6. The van der Waals surface area contributed by atoms with Gasteiger partial charge in [0.2, 0.25) is 12.2 Å². The van der Waals surface area contributed by atoms with Crippen LogP contribution in [0.4, 0.5) is 19.3 Å². The van der Waals surface area contributed by atoms with Crippen molar-refractivity contribution in [3.8, 4) is 11.8 Å². The molecule has 1 amide bonds. The van der Waals surface area contributed by atoms with Crippen LogP contribution in [0.5, 0.6) is 5.75 Å². The number of carbonyl (C=O) groups excluding carboxylic acids is 3. The number of amides is 1. The molecule has 1 fully saturated rings. The average molecular weight is 807 g/mol. The quantitative estimate of drug-likeness (QED) is 0.0889. The van der Waals surface area contributed by atoms with Gasteiger partial charge in [0.15, 0.2) is 0 Å². The van der Waals surface area contributed by atoms with E-state index in [4.69, 9.17) is 51.6 Å². The SMILES string of the molecule is COCCOCCOC(=O)OC(C)OC(=O)c1ccc(NC(=O)[C@@H]2N[C@@H](CC(C)(C)C)C(C#N)(c3ccc(Cl)cc3F)[C@H]2c2cccc(Cl)c2F)c(OC)c1. The minimum absolute atomic E-state index is 0.0185. The normalized spacial score (nSPS) is 19.9. The van der Waals surface area contributed by atoms with Crippen molar-refractivity contribution < 1.29 is 51.6 Å². The van der Waals surface area contributed by atoms with Crippen LogP contribution in [-0.2, 0) is 33.9 Å². The Morgan fingerprint density at radius 2 is 1.73 bits per heavy atom. The van der Waals surface area contributed by atoms with Crippen molar-refractivity contribution >= 4 is 46.9 Å². The van der Waals surface area contributed by atoms with Gasteiger partial charge in [-0.3, -0.25) is 4.79 Å². The van der Waals surface area contributed by atoms with Crippen molar-refractivity contribution in [2.75, 3.05) is 46.0 Å². The fraction of sp³-hybridized carbons (Fsp3) is 0.436. The van der Waals surface area contributed by atoms with E-state index < -0.39 is 64.8 Å². The molecule has 55 heavy (non-hydrogen) atoms. The Hall–Kier alpha value is -4.52. The highest BCUT2D eigenvalue weighted by Crippen LogP contribution is 2.53. The van der Waals surface area contributed by atoms with E-state index in [0.29, 0.717) is 13.2 Å². The van der Waals surface area contributed by atoms with Gasteiger partial charge >= 0.3 is 12.1 Å². The highest BCUT2D eigenvalue weighted by Gasteiger charge is 2.61. The number of rotatable bonds is 15. The minimum Gasteiger partial charge on any atom is -0.495 e. The van der Waals surface area contributed by atoms with Crippen molar-refractivity contribution in [3.63, 3.8) is 0 Å². The number of benzene rings is 3. The summed E-state index contributed by atoms with van der Waals surface area (Å²) in [5.41, 5.74) is -2.34. The monoisotopic (exact) mass is 805 g/mol. The van der Waals surface area contributed by atoms with E-state index in [2.05, 4.69) is 16.7 Å². The summed E-state index contributed by atoms with van der Waals surface area (Å²) in [4.78, 5) is 39.3. The van der Waals surface area contributed by atoms with E-state index in [1.54, 1.807) is 0 Å². The first-order valence-electron chi connectivity index (χ1n) is 17.2. The highest BCUT2D eigenvalue weighted by atomic mass is 35.5. The van der Waals surface area contributed by atoms with E-state index >= 15 is 8.78 Å². The summed E-state index contributed by atoms with van der Waals surface area (Å²) >= 11 is 12.3. The number of esters is 1. The van der Waals surface area contributed by atoms with Gasteiger partial charge in [-0.2, -0.15) is 5.26 Å². The smallest absolute Gasteiger partial charge is 0.495 e. The molecule has 16 heteroatoms. The first kappa shape index (κ1) is 43.2. The maximum absolute atomic E-state index is 16.0. The van der Waals surface area contributed by atoms with Crippen molar-refractivity contribution in [3.05, 3.63) is 93.0 Å². The lowest BCUT2D eigenvalue weighted by molar-refractivity contribution is -0.118. The predicted molar refractivity (Wildman–Crippen MR) is 199 cm³/mol. The maximum atomic E-state index is 16.0. The molecule has 1 aliphatic rings. The van der Waals surface area contributed by atoms with Gasteiger partial charge in [-0.15, -0.1) is 0 Å². The molecule has 1 aliphatic heterocycles. The molecule has 1 saturated heterocycles. The fourth-order valence-electron chi connectivity index (χ4n) is 6.53. The van der Waals surface area contributed by atoms with Gasteiger partial charge in [0.1, 0.15) is 29.4 Å². The summed E-state index contributed by atoms with van der Waals surface area (Å²) in [7, 11) is 2.83. The molecule has 296 valence electrons. The molecule has 0 aliphatic carbocycles. The van der Waals surface area contributed by atoms with Crippen LogP contribution in [0.2, 0.25) is 10.0 Å². The van der Waals surface area contributed by atoms with Crippen LogP contribution in [0, 0.1) is 28.4 Å². The maximum Gasteiger partial charge on any atom is 0.511 e. The largest absolute Gasteiger partial charge is 0.511 e. The zero-order valence-corrected chi connectivity index (χ0v) is 32.7. The molecule has 3 aromatic rings. The summed E-state index contributed by atoms with van der Waals surface area (Å²) in [5.74, 6) is -4.54. The molecule has 1 heterocycles. The summed E-state index contributed by atoms with van der Waals surface area (Å²) in [6, 6.07) is 12.2. The third-order valence-electron chi connectivity index (χ3n) is 8.84. The molecular formula is C39H43Cl2F2N3O9. The second kappa shape index (κ2) is 18.9. The first-order valence-corrected chi connectivity index (χ1v) is 18.0. The average Bonchev–Trinajstić information content (AvgIpc) is 3.43. The third-order valence-corrected chi connectivity index (χ3v) is 9.37. The van der Waals surface area contributed by atoms with Crippen molar-refractivity contribution in [1.82, 2.24) is 5.32 Å². The number of nitrogens with zero attached hydrogens (tertiary/aromatic N) is 1. The van der Waals surface area contributed by atoms with Gasteiger partial charge in [-0.25, -0.2) is 18.4 Å². The second-order valence-electron chi connectivity index (χ2n) is 13.9. The molecule has 0 saturated carbocycles. The Morgan fingerprint density at radius 3 is 2.38 bits per heavy atom. The fourth-order valence-corrected chi connectivity index (χ4v) is 6.87. The van der Waals surface area contributed by atoms with E-state index in [1.165, 1.54) is 69.7 Å². The minimum atomic E-state index is -1.84. The Bertz CT molecular complexity index is 1900. The van der Waals surface area contributed by atoms with Gasteiger partial charge < -0.3 is 39.1 Å². The number of carbonyl (C=O) groups is 3. The Labute approximate surface area is 328 Å². The van der Waals surface area contributed by atoms with Crippen molar-refractivity contribution in [2.45, 2.75) is 63.8 Å². The summed E-state index contributed by atoms with van der Waals surface area (Å²) in [6.45, 7) is 7.82. The molecule has 2 unspecified atom stereocenters. The summed E-state index contributed by atoms with van der Waals surface area (Å²) in [5, 5.41) is 16.9. The van der Waals surface area contributed by atoms with E-state index in [0.717, 1.165) is 6.07 Å². The lowest BCUT2D eigenvalue weighted by atomic mass is 9.62. The highest BCUT2D eigenvalue weighted by molar-refractivity contribution is 6.31. The molecule has 0 aromatic heterocycles. The second-order valence-corrected chi connectivity index (χ2v) is 14.7. The van der Waals surface area contributed by atoms with Crippen molar-refractivity contribution in [1.29, 1.82) is 5.26 Å². The molecular weight excluding hydrogens is 763 g/mol. The molecule has 0 spiro atoms. The van der Waals surface area contributed by atoms with E-state index in [9.17, 15) is 19.6 Å². The Kier molecular flexibility index (Phi) is 14.8. The van der Waals surface area contributed by atoms with Crippen LogP contribution in [0.15, 0.2) is 54.6 Å².